The number of carbonyl (C=O) groups is 1. The molecule has 0 aliphatic carbocycles. The number of carbonyl (C=O) groups excluding carboxylic acids is 1. The Morgan fingerprint density at radius 3 is 2.73 bits per heavy atom. The molecule has 1 heterocycles. The van der Waals surface area contributed by atoms with E-state index >= 15 is 0 Å². The third-order valence-electron chi connectivity index (χ3n) is 3.04. The van der Waals surface area contributed by atoms with E-state index in [0.29, 0.717) is 24.0 Å². The molecule has 0 saturated heterocycles. The van der Waals surface area contributed by atoms with Crippen LogP contribution in [-0.4, -0.2) is 33.2 Å². The van der Waals surface area contributed by atoms with Crippen LogP contribution in [0.3, 0.4) is 0 Å². The smallest absolute Gasteiger partial charge is 0.305 e. The van der Waals surface area contributed by atoms with Crippen molar-refractivity contribution in [2.45, 2.75) is 31.8 Å². The zero-order chi connectivity index (χ0) is 15.9. The number of thioether (sulfide) groups is 1. The van der Waals surface area contributed by atoms with Crippen molar-refractivity contribution >= 4 is 17.7 Å². The Hall–Kier alpha value is -2.02. The molecule has 22 heavy (non-hydrogen) atoms. The molecule has 2 rings (SSSR count). The lowest BCUT2D eigenvalue weighted by Crippen LogP contribution is -2.11. The van der Waals surface area contributed by atoms with E-state index in [2.05, 4.69) is 10.2 Å². The first-order valence-corrected chi connectivity index (χ1v) is 8.16. The van der Waals surface area contributed by atoms with Gasteiger partial charge in [-0.05, 0) is 20.3 Å². The Bertz CT molecular complexity index is 625. The van der Waals surface area contributed by atoms with Crippen LogP contribution in [0, 0.1) is 6.92 Å². The number of nitrogen functional groups attached to an aromatic ring is 1. The van der Waals surface area contributed by atoms with Gasteiger partial charge in [0, 0.05) is 17.7 Å². The van der Waals surface area contributed by atoms with Gasteiger partial charge in [0.1, 0.15) is 0 Å². The molecule has 0 saturated carbocycles. The Balaban J connectivity index is 1.91. The summed E-state index contributed by atoms with van der Waals surface area (Å²) in [5.74, 6) is 7.24. The molecular formula is C15H20N4O2S. The minimum atomic E-state index is -0.169. The average molecular weight is 320 g/mol. The second-order valence-corrected chi connectivity index (χ2v) is 5.86. The lowest BCUT2D eigenvalue weighted by atomic mass is 10.1. The molecule has 0 bridgehead atoms. The third kappa shape index (κ3) is 4.24. The monoisotopic (exact) mass is 320 g/mol. The van der Waals surface area contributed by atoms with Gasteiger partial charge in [0.2, 0.25) is 5.16 Å². The fourth-order valence-electron chi connectivity index (χ4n) is 1.89. The normalized spacial score (nSPS) is 10.6. The van der Waals surface area contributed by atoms with Crippen LogP contribution in [0.2, 0.25) is 0 Å². The minimum absolute atomic E-state index is 0.169. The van der Waals surface area contributed by atoms with Gasteiger partial charge < -0.3 is 10.6 Å². The number of rotatable bonds is 7. The Morgan fingerprint density at radius 1 is 1.32 bits per heavy atom. The summed E-state index contributed by atoms with van der Waals surface area (Å²) in [5.41, 5.74) is 2.11. The van der Waals surface area contributed by atoms with Crippen molar-refractivity contribution in [2.75, 3.05) is 18.2 Å². The van der Waals surface area contributed by atoms with Crippen molar-refractivity contribution in [2.24, 2.45) is 0 Å². The van der Waals surface area contributed by atoms with Crippen molar-refractivity contribution in [1.29, 1.82) is 0 Å². The number of aromatic nitrogens is 3. The average Bonchev–Trinajstić information content (AvgIpc) is 2.86. The molecule has 2 N–H and O–H groups in total. The fraction of sp³-hybridized carbons (Fsp3) is 0.400. The largest absolute Gasteiger partial charge is 0.466 e. The minimum Gasteiger partial charge on any atom is -0.466 e. The first-order chi connectivity index (χ1) is 10.6. The quantitative estimate of drug-likeness (QED) is 0.365. The maximum atomic E-state index is 11.2. The molecule has 0 amide bonds. The van der Waals surface area contributed by atoms with E-state index in [1.54, 1.807) is 6.92 Å². The molecule has 0 spiro atoms. The molecule has 0 unspecified atom stereocenters. The van der Waals surface area contributed by atoms with Crippen LogP contribution in [0.25, 0.3) is 11.4 Å². The number of aryl methyl sites for hydroxylation is 1. The fourth-order valence-corrected chi connectivity index (χ4v) is 2.68. The van der Waals surface area contributed by atoms with Crippen LogP contribution >= 0.6 is 11.8 Å². The third-order valence-corrected chi connectivity index (χ3v) is 4.07. The standard InChI is InChI=1S/C15H20N4O2S/c1-3-21-13(20)5-4-10-22-15-18-17-14(19(15)16)12-8-6-11(2)7-9-12/h6-9H,3-5,10,16H2,1-2H3. The zero-order valence-electron chi connectivity index (χ0n) is 12.8. The van der Waals surface area contributed by atoms with E-state index in [0.717, 1.165) is 17.7 Å². The number of hydrogen-bond acceptors (Lipinski definition) is 6. The number of benzene rings is 1. The van der Waals surface area contributed by atoms with Gasteiger partial charge in [0.25, 0.3) is 0 Å². The molecule has 0 radical (unpaired) electrons. The first kappa shape index (κ1) is 16.4. The maximum Gasteiger partial charge on any atom is 0.305 e. The van der Waals surface area contributed by atoms with E-state index in [9.17, 15) is 4.79 Å². The van der Waals surface area contributed by atoms with Gasteiger partial charge >= 0.3 is 5.97 Å². The summed E-state index contributed by atoms with van der Waals surface area (Å²) in [6.45, 7) is 4.25. The zero-order valence-corrected chi connectivity index (χ0v) is 13.6. The van der Waals surface area contributed by atoms with E-state index in [1.807, 2.05) is 31.2 Å². The van der Waals surface area contributed by atoms with Gasteiger partial charge in [-0.25, -0.2) is 4.68 Å². The van der Waals surface area contributed by atoms with Gasteiger partial charge in [0.15, 0.2) is 5.82 Å². The summed E-state index contributed by atoms with van der Waals surface area (Å²) in [6, 6.07) is 7.96. The molecule has 0 atom stereocenters. The highest BCUT2D eigenvalue weighted by atomic mass is 32.2. The molecule has 1 aromatic heterocycles. The Labute approximate surface area is 134 Å². The van der Waals surface area contributed by atoms with Crippen molar-refractivity contribution in [3.8, 4) is 11.4 Å². The summed E-state index contributed by atoms with van der Waals surface area (Å²) in [6.07, 6.45) is 1.13. The summed E-state index contributed by atoms with van der Waals surface area (Å²) in [5, 5.41) is 8.88. The van der Waals surface area contributed by atoms with Crippen molar-refractivity contribution in [3.63, 3.8) is 0 Å². The number of esters is 1. The molecule has 0 aliphatic heterocycles. The van der Waals surface area contributed by atoms with Crippen LogP contribution in [0.5, 0.6) is 0 Å². The van der Waals surface area contributed by atoms with E-state index in [-0.39, 0.29) is 5.97 Å². The topological polar surface area (TPSA) is 83.0 Å². The number of nitrogens with two attached hydrogens (primary N) is 1. The van der Waals surface area contributed by atoms with E-state index in [1.165, 1.54) is 22.0 Å². The molecule has 0 aliphatic rings. The van der Waals surface area contributed by atoms with E-state index < -0.39 is 0 Å². The molecular weight excluding hydrogens is 300 g/mol. The van der Waals surface area contributed by atoms with Gasteiger partial charge in [-0.2, -0.15) is 0 Å². The molecule has 6 nitrogen and oxygen atoms in total. The molecule has 0 fully saturated rings. The van der Waals surface area contributed by atoms with Crippen LogP contribution in [0.1, 0.15) is 25.3 Å². The van der Waals surface area contributed by atoms with Gasteiger partial charge in [0.05, 0.1) is 6.61 Å². The predicted molar refractivity (Wildman–Crippen MR) is 86.9 cm³/mol. The number of nitrogens with zero attached hydrogens (tertiary/aromatic N) is 3. The first-order valence-electron chi connectivity index (χ1n) is 7.17. The van der Waals surface area contributed by atoms with Gasteiger partial charge in [-0.15, -0.1) is 10.2 Å². The van der Waals surface area contributed by atoms with Gasteiger partial charge in [-0.1, -0.05) is 41.6 Å². The highest BCUT2D eigenvalue weighted by Crippen LogP contribution is 2.22. The van der Waals surface area contributed by atoms with Crippen molar-refractivity contribution < 1.29 is 9.53 Å². The van der Waals surface area contributed by atoms with Crippen LogP contribution in [0.15, 0.2) is 29.4 Å². The van der Waals surface area contributed by atoms with Crippen LogP contribution < -0.4 is 5.84 Å². The second-order valence-electron chi connectivity index (χ2n) is 4.80. The summed E-state index contributed by atoms with van der Waals surface area (Å²) < 4.78 is 6.37. The van der Waals surface area contributed by atoms with Gasteiger partial charge in [-0.3, -0.25) is 4.79 Å². The summed E-state index contributed by atoms with van der Waals surface area (Å²) in [7, 11) is 0. The summed E-state index contributed by atoms with van der Waals surface area (Å²) >= 11 is 1.48. The highest BCUT2D eigenvalue weighted by Gasteiger charge is 2.12. The molecule has 118 valence electrons. The van der Waals surface area contributed by atoms with E-state index in [4.69, 9.17) is 10.6 Å². The van der Waals surface area contributed by atoms with Crippen molar-refractivity contribution in [1.82, 2.24) is 14.9 Å². The van der Waals surface area contributed by atoms with Crippen LogP contribution in [0.4, 0.5) is 0 Å². The molecule has 2 aromatic rings. The van der Waals surface area contributed by atoms with Crippen LogP contribution in [-0.2, 0) is 9.53 Å². The lowest BCUT2D eigenvalue weighted by molar-refractivity contribution is -0.143. The Morgan fingerprint density at radius 2 is 2.05 bits per heavy atom. The Kier molecular flexibility index (Phi) is 5.83. The highest BCUT2D eigenvalue weighted by molar-refractivity contribution is 7.99. The SMILES string of the molecule is CCOC(=O)CCCSc1nnc(-c2ccc(C)cc2)n1N. The lowest BCUT2D eigenvalue weighted by Gasteiger charge is -2.04. The number of ether oxygens (including phenoxy) is 1. The van der Waals surface area contributed by atoms with Crippen molar-refractivity contribution in [3.05, 3.63) is 29.8 Å². The second kappa shape index (κ2) is 7.84. The molecule has 7 heteroatoms. The predicted octanol–water partition coefficient (Wildman–Crippen LogP) is 2.40. The maximum absolute atomic E-state index is 11.2. The molecule has 1 aromatic carbocycles. The summed E-state index contributed by atoms with van der Waals surface area (Å²) in [4.78, 5) is 11.2. The number of hydrogen-bond donors (Lipinski definition) is 1.